The van der Waals surface area contributed by atoms with Crippen molar-refractivity contribution in [1.82, 2.24) is 0 Å². The summed E-state index contributed by atoms with van der Waals surface area (Å²) in [5.74, 6) is 0.966. The van der Waals surface area contributed by atoms with Gasteiger partial charge in [0.2, 0.25) is 0 Å². The molecule has 1 saturated carbocycles. The zero-order valence-electron chi connectivity index (χ0n) is 17.9. The van der Waals surface area contributed by atoms with Crippen LogP contribution in [0.5, 0.6) is 0 Å². The first-order valence-electron chi connectivity index (χ1n) is 11.4. The Hall–Kier alpha value is -2.59. The van der Waals surface area contributed by atoms with Gasteiger partial charge in [0.15, 0.2) is 0 Å². The molecule has 2 aromatic carbocycles. The lowest BCUT2D eigenvalue weighted by molar-refractivity contribution is -0.924. The number of nitrogens with zero attached hydrogens (tertiary/aromatic N) is 2. The molecule has 2 bridgehead atoms. The smallest absolute Gasteiger partial charge is 0.102 e. The number of para-hydroxylation sites is 2. The first-order chi connectivity index (χ1) is 14.7. The number of allylic oxidation sites excluding steroid dienone is 1. The van der Waals surface area contributed by atoms with Gasteiger partial charge in [-0.3, -0.25) is 5.43 Å². The Morgan fingerprint density at radius 1 is 1.13 bits per heavy atom. The first-order valence-corrected chi connectivity index (χ1v) is 11.4. The van der Waals surface area contributed by atoms with E-state index >= 15 is 0 Å². The predicted octanol–water partition coefficient (Wildman–Crippen LogP) is 4.63. The van der Waals surface area contributed by atoms with Crippen molar-refractivity contribution in [3.8, 4) is 0 Å². The second-order valence-corrected chi connectivity index (χ2v) is 9.87. The summed E-state index contributed by atoms with van der Waals surface area (Å²) in [6.07, 6.45) is 7.15. The number of nitrogens with one attached hydrogen (secondary N) is 2. The maximum absolute atomic E-state index is 4.75. The van der Waals surface area contributed by atoms with Crippen LogP contribution in [0.2, 0.25) is 0 Å². The van der Waals surface area contributed by atoms with E-state index in [-0.39, 0.29) is 5.41 Å². The number of hydrogen-bond donors (Lipinski definition) is 2. The second kappa shape index (κ2) is 6.45. The van der Waals surface area contributed by atoms with Crippen LogP contribution in [-0.2, 0) is 5.41 Å². The maximum atomic E-state index is 4.75. The molecule has 0 amide bonds. The molecule has 1 aliphatic carbocycles. The van der Waals surface area contributed by atoms with Gasteiger partial charge >= 0.3 is 0 Å². The van der Waals surface area contributed by atoms with E-state index in [4.69, 9.17) is 5.10 Å². The van der Waals surface area contributed by atoms with E-state index in [9.17, 15) is 0 Å². The van der Waals surface area contributed by atoms with Gasteiger partial charge < -0.3 is 9.80 Å². The summed E-state index contributed by atoms with van der Waals surface area (Å²) in [6, 6.07) is 20.4. The third kappa shape index (κ3) is 2.34. The SMILES string of the molecule is C/C=C1\C[N@+]2(C)CC[C@]34c5ccccc5N[C@H]3[C@@H](/C=N\Nc3ccccc3)[C@H]1C[C@H]42. The Kier molecular flexibility index (Phi) is 3.91. The highest BCUT2D eigenvalue weighted by Crippen LogP contribution is 2.62. The number of piperidine rings is 1. The zero-order chi connectivity index (χ0) is 20.3. The van der Waals surface area contributed by atoms with Crippen molar-refractivity contribution in [2.24, 2.45) is 16.9 Å². The molecule has 4 aliphatic rings. The molecule has 0 aromatic heterocycles. The Bertz CT molecular complexity index is 1030. The number of hydrazone groups is 1. The number of quaternary nitrogens is 1. The summed E-state index contributed by atoms with van der Waals surface area (Å²) < 4.78 is 1.20. The van der Waals surface area contributed by atoms with Crippen LogP contribution in [0.15, 0.2) is 71.3 Å². The van der Waals surface area contributed by atoms with E-state index in [0.717, 1.165) is 5.69 Å². The second-order valence-electron chi connectivity index (χ2n) is 9.87. The number of likely N-dealkylation sites (N-methyl/N-ethyl adjacent to an activating group) is 1. The van der Waals surface area contributed by atoms with Gasteiger partial charge in [0.1, 0.15) is 12.6 Å². The third-order valence-corrected chi connectivity index (χ3v) is 8.61. The molecular weight excluding hydrogens is 368 g/mol. The van der Waals surface area contributed by atoms with E-state index in [1.807, 2.05) is 18.2 Å². The molecule has 2 saturated heterocycles. The number of fused-ring (bicyclic) bond motifs is 2. The molecule has 4 heteroatoms. The number of hydrogen-bond acceptors (Lipinski definition) is 3. The van der Waals surface area contributed by atoms with Crippen LogP contribution in [0, 0.1) is 11.8 Å². The molecule has 3 fully saturated rings. The maximum Gasteiger partial charge on any atom is 0.102 e. The Labute approximate surface area is 179 Å². The van der Waals surface area contributed by atoms with Crippen LogP contribution in [-0.4, -0.2) is 42.9 Å². The van der Waals surface area contributed by atoms with Crippen molar-refractivity contribution in [3.05, 3.63) is 71.8 Å². The Morgan fingerprint density at radius 2 is 1.93 bits per heavy atom. The minimum Gasteiger partial charge on any atom is -0.380 e. The van der Waals surface area contributed by atoms with Crippen molar-refractivity contribution in [1.29, 1.82) is 0 Å². The van der Waals surface area contributed by atoms with Gasteiger partial charge in [-0.1, -0.05) is 42.5 Å². The quantitative estimate of drug-likeness (QED) is 0.342. The predicted molar refractivity (Wildman–Crippen MR) is 124 cm³/mol. The van der Waals surface area contributed by atoms with Crippen LogP contribution in [0.1, 0.15) is 25.3 Å². The fourth-order valence-electron chi connectivity index (χ4n) is 7.34. The highest BCUT2D eigenvalue weighted by molar-refractivity contribution is 5.72. The van der Waals surface area contributed by atoms with Gasteiger partial charge in [-0.25, -0.2) is 0 Å². The van der Waals surface area contributed by atoms with Crippen LogP contribution in [0.25, 0.3) is 0 Å². The molecule has 3 heterocycles. The zero-order valence-corrected chi connectivity index (χ0v) is 17.9. The number of rotatable bonds is 3. The monoisotopic (exact) mass is 399 g/mol. The summed E-state index contributed by atoms with van der Waals surface area (Å²) >= 11 is 0. The summed E-state index contributed by atoms with van der Waals surface area (Å²) in [6.45, 7) is 4.69. The van der Waals surface area contributed by atoms with Gasteiger partial charge in [-0.2, -0.15) is 5.10 Å². The van der Waals surface area contributed by atoms with Gasteiger partial charge in [0, 0.05) is 36.6 Å². The van der Waals surface area contributed by atoms with E-state index in [0.29, 0.717) is 23.9 Å². The summed E-state index contributed by atoms with van der Waals surface area (Å²) in [5.41, 5.74) is 9.06. The van der Waals surface area contributed by atoms with E-state index in [1.165, 1.54) is 36.1 Å². The average molecular weight is 400 g/mol. The number of benzene rings is 2. The van der Waals surface area contributed by atoms with E-state index in [2.05, 4.69) is 73.4 Å². The molecule has 0 unspecified atom stereocenters. The lowest BCUT2D eigenvalue weighted by Crippen LogP contribution is -2.67. The largest absolute Gasteiger partial charge is 0.380 e. The van der Waals surface area contributed by atoms with Crippen molar-refractivity contribution >= 4 is 17.6 Å². The lowest BCUT2D eigenvalue weighted by atomic mass is 9.55. The van der Waals surface area contributed by atoms with E-state index < -0.39 is 0 Å². The van der Waals surface area contributed by atoms with Gasteiger partial charge in [0.25, 0.3) is 0 Å². The molecule has 2 aromatic rings. The average Bonchev–Trinajstić information content (AvgIpc) is 3.29. The van der Waals surface area contributed by atoms with Crippen LogP contribution in [0.4, 0.5) is 11.4 Å². The first kappa shape index (κ1) is 18.2. The highest BCUT2D eigenvalue weighted by Gasteiger charge is 2.70. The standard InChI is InChI=1S/C26H31N4/c1-3-18-17-30(2)14-13-26-22-11-7-8-12-23(22)28-25(26)21(20(18)15-24(26)30)16-27-29-19-9-5-4-6-10-19/h3-12,16,20-21,24-25,28-29H,13-15,17H2,1-2H3/q+1/b18-3+,27-16-/t20-,21-,24+,25-,26+,30-/m0/s1. The van der Waals surface area contributed by atoms with Crippen LogP contribution < -0.4 is 10.7 Å². The number of anilines is 2. The van der Waals surface area contributed by atoms with E-state index in [1.54, 1.807) is 11.1 Å². The van der Waals surface area contributed by atoms with Crippen molar-refractivity contribution in [2.45, 2.75) is 37.3 Å². The molecule has 6 atom stereocenters. The fraction of sp³-hybridized carbons (Fsp3) is 0.423. The summed E-state index contributed by atoms with van der Waals surface area (Å²) in [5, 5.41) is 8.74. The van der Waals surface area contributed by atoms with Crippen LogP contribution >= 0.6 is 0 Å². The molecule has 30 heavy (non-hydrogen) atoms. The lowest BCUT2D eigenvalue weighted by Gasteiger charge is -2.56. The topological polar surface area (TPSA) is 36.4 Å². The molecule has 154 valence electrons. The molecule has 6 rings (SSSR count). The minimum absolute atomic E-state index is 0.227. The highest BCUT2D eigenvalue weighted by atomic mass is 15.4. The Morgan fingerprint density at radius 3 is 2.77 bits per heavy atom. The molecule has 2 N–H and O–H groups in total. The van der Waals surface area contributed by atoms with Gasteiger partial charge in [-0.15, -0.1) is 0 Å². The van der Waals surface area contributed by atoms with Gasteiger partial charge in [-0.05, 0) is 36.3 Å². The molecule has 0 radical (unpaired) electrons. The third-order valence-electron chi connectivity index (χ3n) is 8.61. The normalized spacial score (nSPS) is 39.6. The fourth-order valence-corrected chi connectivity index (χ4v) is 7.34. The molecule has 3 aliphatic heterocycles. The minimum atomic E-state index is 0.227. The molecule has 1 spiro atoms. The summed E-state index contributed by atoms with van der Waals surface area (Å²) in [7, 11) is 2.50. The van der Waals surface area contributed by atoms with Crippen molar-refractivity contribution in [3.63, 3.8) is 0 Å². The van der Waals surface area contributed by atoms with Crippen molar-refractivity contribution in [2.75, 3.05) is 30.9 Å². The van der Waals surface area contributed by atoms with Crippen molar-refractivity contribution < 1.29 is 4.48 Å². The van der Waals surface area contributed by atoms with Gasteiger partial charge in [0.05, 0.1) is 30.7 Å². The molecule has 4 nitrogen and oxygen atoms in total. The Balaban J connectivity index is 1.43. The van der Waals surface area contributed by atoms with Crippen LogP contribution in [0.3, 0.4) is 0 Å². The molecular formula is C26H31N4+. The summed E-state index contributed by atoms with van der Waals surface area (Å²) in [4.78, 5) is 0.